The number of para-hydroxylation sites is 2. The molecule has 20 heavy (non-hydrogen) atoms. The van der Waals surface area contributed by atoms with Gasteiger partial charge in [-0.2, -0.15) is 5.26 Å². The molecule has 1 aliphatic heterocycles. The molecule has 1 aromatic rings. The lowest BCUT2D eigenvalue weighted by Gasteiger charge is -2.29. The van der Waals surface area contributed by atoms with E-state index >= 15 is 0 Å². The number of nitrogens with zero attached hydrogens (tertiary/aromatic N) is 2. The van der Waals surface area contributed by atoms with Crippen LogP contribution in [-0.4, -0.2) is 31.1 Å². The number of amides is 1. The van der Waals surface area contributed by atoms with Crippen molar-refractivity contribution >= 4 is 17.6 Å². The molecule has 1 atom stereocenters. The minimum Gasteiger partial charge on any atom is -0.482 e. The number of benzene rings is 1. The maximum Gasteiger partial charge on any atom is 0.308 e. The minimum atomic E-state index is -0.782. The molecule has 0 aliphatic carbocycles. The van der Waals surface area contributed by atoms with Gasteiger partial charge in [-0.3, -0.25) is 9.59 Å². The van der Waals surface area contributed by atoms with E-state index in [-0.39, 0.29) is 25.5 Å². The van der Waals surface area contributed by atoms with Crippen molar-refractivity contribution in [3.8, 4) is 11.8 Å². The molecule has 0 aromatic heterocycles. The highest BCUT2D eigenvalue weighted by molar-refractivity contribution is 5.98. The molecule has 1 heterocycles. The van der Waals surface area contributed by atoms with Crippen LogP contribution in [0.5, 0.6) is 5.75 Å². The maximum absolute atomic E-state index is 11.8. The van der Waals surface area contributed by atoms with Crippen molar-refractivity contribution in [2.75, 3.05) is 18.1 Å². The van der Waals surface area contributed by atoms with E-state index in [1.54, 1.807) is 18.2 Å². The van der Waals surface area contributed by atoms with Crippen molar-refractivity contribution in [3.05, 3.63) is 24.3 Å². The lowest BCUT2D eigenvalue weighted by Crippen LogP contribution is -2.40. The number of anilines is 1. The van der Waals surface area contributed by atoms with Gasteiger partial charge in [0.15, 0.2) is 12.7 Å². The summed E-state index contributed by atoms with van der Waals surface area (Å²) in [5, 5.41) is 8.56. The first-order valence-corrected chi connectivity index (χ1v) is 6.23. The fourth-order valence-electron chi connectivity index (χ4n) is 1.88. The van der Waals surface area contributed by atoms with Gasteiger partial charge in [0.2, 0.25) is 0 Å². The van der Waals surface area contributed by atoms with Gasteiger partial charge in [0.05, 0.1) is 12.1 Å². The number of nitriles is 1. The highest BCUT2D eigenvalue weighted by atomic mass is 16.5. The zero-order valence-electron chi connectivity index (χ0n) is 11.0. The third-order valence-corrected chi connectivity index (χ3v) is 2.84. The Labute approximate surface area is 116 Å². The molecule has 6 heteroatoms. The highest BCUT2D eigenvalue weighted by Gasteiger charge is 2.25. The van der Waals surface area contributed by atoms with Crippen LogP contribution in [-0.2, 0) is 14.3 Å². The van der Waals surface area contributed by atoms with E-state index in [1.807, 2.05) is 12.1 Å². The summed E-state index contributed by atoms with van der Waals surface area (Å²) in [7, 11) is 0. The van der Waals surface area contributed by atoms with E-state index in [9.17, 15) is 9.59 Å². The van der Waals surface area contributed by atoms with Gasteiger partial charge in [0.1, 0.15) is 11.8 Å². The van der Waals surface area contributed by atoms with E-state index in [0.717, 1.165) is 0 Å². The molecule has 104 valence electrons. The Morgan fingerprint density at radius 3 is 3.05 bits per heavy atom. The summed E-state index contributed by atoms with van der Waals surface area (Å²) in [5.74, 6) is -0.0912. The van der Waals surface area contributed by atoms with Gasteiger partial charge in [-0.1, -0.05) is 12.1 Å². The van der Waals surface area contributed by atoms with E-state index < -0.39 is 12.1 Å². The van der Waals surface area contributed by atoms with Gasteiger partial charge in [0, 0.05) is 6.54 Å². The summed E-state index contributed by atoms with van der Waals surface area (Å²) in [5.41, 5.74) is 0.643. The van der Waals surface area contributed by atoms with E-state index in [4.69, 9.17) is 14.7 Å². The van der Waals surface area contributed by atoms with E-state index in [0.29, 0.717) is 11.4 Å². The molecule has 0 saturated heterocycles. The first-order chi connectivity index (χ1) is 9.61. The third kappa shape index (κ3) is 3.06. The Hall–Kier alpha value is -2.55. The minimum absolute atomic E-state index is 0.0338. The van der Waals surface area contributed by atoms with Crippen molar-refractivity contribution in [3.63, 3.8) is 0 Å². The molecule has 0 saturated carbocycles. The van der Waals surface area contributed by atoms with Crippen LogP contribution in [0.15, 0.2) is 24.3 Å². The molecule has 2 rings (SSSR count). The second-order valence-corrected chi connectivity index (χ2v) is 4.31. The average Bonchev–Trinajstić information content (AvgIpc) is 2.46. The first kappa shape index (κ1) is 13.9. The topological polar surface area (TPSA) is 79.6 Å². The summed E-state index contributed by atoms with van der Waals surface area (Å²) >= 11 is 0. The van der Waals surface area contributed by atoms with Gasteiger partial charge in [-0.25, -0.2) is 0 Å². The molecule has 1 amide bonds. The Morgan fingerprint density at radius 1 is 1.55 bits per heavy atom. The number of carbonyl (C=O) groups excluding carboxylic acids is 2. The maximum atomic E-state index is 11.8. The van der Waals surface area contributed by atoms with Crippen molar-refractivity contribution in [1.29, 1.82) is 5.26 Å². The number of fused-ring (bicyclic) bond motifs is 1. The van der Waals surface area contributed by atoms with Crippen LogP contribution in [0.3, 0.4) is 0 Å². The molecule has 1 aliphatic rings. The zero-order valence-corrected chi connectivity index (χ0v) is 11.0. The van der Waals surface area contributed by atoms with Crippen molar-refractivity contribution in [2.45, 2.75) is 19.4 Å². The fraction of sp³-hybridized carbons (Fsp3) is 0.357. The largest absolute Gasteiger partial charge is 0.482 e. The summed E-state index contributed by atoms with van der Waals surface area (Å²) in [6, 6.07) is 8.95. The molecular weight excluding hydrogens is 260 g/mol. The molecule has 1 aromatic carbocycles. The van der Waals surface area contributed by atoms with Gasteiger partial charge < -0.3 is 14.4 Å². The molecule has 0 spiro atoms. The number of ether oxygens (including phenoxy) is 2. The predicted octanol–water partition coefficient (Wildman–Crippen LogP) is 1.26. The molecule has 0 bridgehead atoms. The number of carbonyl (C=O) groups is 2. The third-order valence-electron chi connectivity index (χ3n) is 2.84. The van der Waals surface area contributed by atoms with Gasteiger partial charge in [-0.15, -0.1) is 0 Å². The van der Waals surface area contributed by atoms with Crippen LogP contribution in [0.2, 0.25) is 0 Å². The Balaban J connectivity index is 2.01. The fourth-order valence-corrected chi connectivity index (χ4v) is 1.88. The molecule has 0 unspecified atom stereocenters. The van der Waals surface area contributed by atoms with Crippen LogP contribution < -0.4 is 9.64 Å². The van der Waals surface area contributed by atoms with Crippen LogP contribution in [0.4, 0.5) is 5.69 Å². The van der Waals surface area contributed by atoms with E-state index in [1.165, 1.54) is 11.8 Å². The second-order valence-electron chi connectivity index (χ2n) is 4.31. The predicted molar refractivity (Wildman–Crippen MR) is 70.1 cm³/mol. The molecule has 0 N–H and O–H groups in total. The SMILES string of the molecule is C[C@@H](C#N)OC(=O)CCN1C(=O)COc2ccccc21. The van der Waals surface area contributed by atoms with Crippen LogP contribution in [0.25, 0.3) is 0 Å². The summed E-state index contributed by atoms with van der Waals surface area (Å²) < 4.78 is 10.1. The number of hydrogen-bond acceptors (Lipinski definition) is 5. The highest BCUT2D eigenvalue weighted by Crippen LogP contribution is 2.31. The monoisotopic (exact) mass is 274 g/mol. The Bertz CT molecular complexity index is 565. The lowest BCUT2D eigenvalue weighted by atomic mass is 10.2. The van der Waals surface area contributed by atoms with Crippen LogP contribution in [0.1, 0.15) is 13.3 Å². The Morgan fingerprint density at radius 2 is 2.30 bits per heavy atom. The molecule has 6 nitrogen and oxygen atoms in total. The van der Waals surface area contributed by atoms with Gasteiger partial charge >= 0.3 is 5.97 Å². The molecule has 0 fully saturated rings. The van der Waals surface area contributed by atoms with Crippen LogP contribution in [0, 0.1) is 11.3 Å². The van der Waals surface area contributed by atoms with Gasteiger partial charge in [-0.05, 0) is 19.1 Å². The van der Waals surface area contributed by atoms with Crippen molar-refractivity contribution in [2.24, 2.45) is 0 Å². The summed E-state index contributed by atoms with van der Waals surface area (Å²) in [6.07, 6.45) is -0.748. The Kier molecular flexibility index (Phi) is 4.20. The smallest absolute Gasteiger partial charge is 0.308 e. The quantitative estimate of drug-likeness (QED) is 0.772. The normalized spacial score (nSPS) is 14.8. The lowest BCUT2D eigenvalue weighted by molar-refractivity contribution is -0.145. The zero-order chi connectivity index (χ0) is 14.5. The average molecular weight is 274 g/mol. The van der Waals surface area contributed by atoms with E-state index in [2.05, 4.69) is 0 Å². The van der Waals surface area contributed by atoms with Crippen molar-refractivity contribution in [1.82, 2.24) is 0 Å². The second kappa shape index (κ2) is 6.06. The first-order valence-electron chi connectivity index (χ1n) is 6.23. The number of hydrogen-bond donors (Lipinski definition) is 0. The van der Waals surface area contributed by atoms with Gasteiger partial charge in [0.25, 0.3) is 5.91 Å². The summed E-state index contributed by atoms with van der Waals surface area (Å²) in [4.78, 5) is 24.9. The van der Waals surface area contributed by atoms with Crippen molar-refractivity contribution < 1.29 is 19.1 Å². The molecule has 0 radical (unpaired) electrons. The number of rotatable bonds is 4. The number of esters is 1. The molecular formula is C14H14N2O4. The summed E-state index contributed by atoms with van der Waals surface area (Å²) in [6.45, 7) is 1.66. The standard InChI is InChI=1S/C14H14N2O4/c1-10(8-15)20-14(18)6-7-16-11-4-2-3-5-12(11)19-9-13(16)17/h2-5,10H,6-7,9H2,1H3/t10-/m0/s1. The van der Waals surface area contributed by atoms with Crippen LogP contribution >= 0.6 is 0 Å².